The summed E-state index contributed by atoms with van der Waals surface area (Å²) in [6, 6.07) is 9.89. The van der Waals surface area contributed by atoms with E-state index in [9.17, 15) is 4.79 Å². The number of carbonyl (C=O) groups is 1. The zero-order chi connectivity index (χ0) is 14.5. The lowest BCUT2D eigenvalue weighted by Gasteiger charge is -2.10. The number of amides is 1. The van der Waals surface area contributed by atoms with E-state index in [0.29, 0.717) is 12.1 Å². The molecule has 0 radical (unpaired) electrons. The van der Waals surface area contributed by atoms with Gasteiger partial charge in [0.05, 0.1) is 9.35 Å². The number of anilines is 1. The van der Waals surface area contributed by atoms with Crippen molar-refractivity contribution in [2.75, 3.05) is 18.9 Å². The zero-order valence-electron chi connectivity index (χ0n) is 11.5. The average Bonchev–Trinajstić information content (AvgIpc) is 2.84. The third-order valence-electron chi connectivity index (χ3n) is 2.97. The van der Waals surface area contributed by atoms with Crippen LogP contribution in [0.1, 0.15) is 20.8 Å². The minimum absolute atomic E-state index is 0.0371. The second-order valence-electron chi connectivity index (χ2n) is 4.51. The van der Waals surface area contributed by atoms with Crippen LogP contribution in [-0.4, -0.2) is 19.5 Å². The van der Waals surface area contributed by atoms with Crippen molar-refractivity contribution >= 4 is 38.9 Å². The summed E-state index contributed by atoms with van der Waals surface area (Å²) in [5.74, 6) is -0.0371. The van der Waals surface area contributed by atoms with Crippen molar-refractivity contribution in [2.45, 2.75) is 13.3 Å². The van der Waals surface area contributed by atoms with E-state index in [2.05, 4.69) is 32.6 Å². The summed E-state index contributed by atoms with van der Waals surface area (Å²) in [5, 5.41) is 6.03. The fraction of sp³-hybridized carbons (Fsp3) is 0.267. The third-order valence-corrected chi connectivity index (χ3v) is 4.66. The Hall–Kier alpha value is -1.33. The van der Waals surface area contributed by atoms with E-state index in [4.69, 9.17) is 0 Å². The number of hydrogen-bond donors (Lipinski definition) is 2. The fourth-order valence-electron chi connectivity index (χ4n) is 1.94. The molecule has 1 heterocycles. The summed E-state index contributed by atoms with van der Waals surface area (Å²) < 4.78 is 1.12. The van der Waals surface area contributed by atoms with Gasteiger partial charge < -0.3 is 10.6 Å². The zero-order valence-corrected chi connectivity index (χ0v) is 13.9. The number of carbonyl (C=O) groups excluding carboxylic acids is 1. The Morgan fingerprint density at radius 3 is 2.75 bits per heavy atom. The molecule has 1 aromatic carbocycles. The van der Waals surface area contributed by atoms with Crippen LogP contribution in [0.2, 0.25) is 0 Å². The number of nitrogens with one attached hydrogen (secondary N) is 2. The molecule has 20 heavy (non-hydrogen) atoms. The smallest absolute Gasteiger partial charge is 0.253 e. The lowest BCUT2D eigenvalue weighted by Crippen LogP contribution is -2.26. The Kier molecular flexibility index (Phi) is 5.20. The Morgan fingerprint density at radius 2 is 2.10 bits per heavy atom. The molecule has 0 atom stereocenters. The number of halogens is 1. The van der Waals surface area contributed by atoms with Crippen LogP contribution in [-0.2, 0) is 6.42 Å². The highest BCUT2D eigenvalue weighted by molar-refractivity contribution is 9.11. The summed E-state index contributed by atoms with van der Waals surface area (Å²) in [6.07, 6.45) is 0.850. The first kappa shape index (κ1) is 15.1. The monoisotopic (exact) mass is 352 g/mol. The van der Waals surface area contributed by atoms with Crippen LogP contribution in [0.15, 0.2) is 34.1 Å². The van der Waals surface area contributed by atoms with Crippen LogP contribution in [0, 0.1) is 6.92 Å². The predicted molar refractivity (Wildman–Crippen MR) is 88.8 cm³/mol. The van der Waals surface area contributed by atoms with Gasteiger partial charge in [0.2, 0.25) is 0 Å². The molecule has 1 aromatic heterocycles. The highest BCUT2D eigenvalue weighted by Gasteiger charge is 2.10. The Bertz CT molecular complexity index is 610. The van der Waals surface area contributed by atoms with Crippen molar-refractivity contribution in [3.05, 3.63) is 50.1 Å². The number of benzene rings is 1. The first-order valence-corrected chi connectivity index (χ1v) is 8.02. The van der Waals surface area contributed by atoms with Gasteiger partial charge in [0.1, 0.15) is 0 Å². The van der Waals surface area contributed by atoms with Crippen LogP contribution in [0.3, 0.4) is 0 Å². The summed E-state index contributed by atoms with van der Waals surface area (Å²) in [7, 11) is 1.83. The molecule has 0 fully saturated rings. The average molecular weight is 353 g/mol. The minimum Gasteiger partial charge on any atom is -0.387 e. The van der Waals surface area contributed by atoms with Gasteiger partial charge in [0.15, 0.2) is 0 Å². The molecular formula is C15H17BrN2OS. The first-order chi connectivity index (χ1) is 9.60. The number of rotatable bonds is 5. The maximum Gasteiger partial charge on any atom is 0.253 e. The van der Waals surface area contributed by atoms with Crippen molar-refractivity contribution in [2.24, 2.45) is 0 Å². The quantitative estimate of drug-likeness (QED) is 0.858. The van der Waals surface area contributed by atoms with Crippen molar-refractivity contribution in [1.82, 2.24) is 5.32 Å². The van der Waals surface area contributed by atoms with E-state index in [1.54, 1.807) is 11.3 Å². The molecule has 2 rings (SSSR count). The fourth-order valence-corrected chi connectivity index (χ4v) is 3.43. The van der Waals surface area contributed by atoms with Crippen molar-refractivity contribution in [3.63, 3.8) is 0 Å². The van der Waals surface area contributed by atoms with Gasteiger partial charge in [-0.2, -0.15) is 0 Å². The van der Waals surface area contributed by atoms with Crippen molar-refractivity contribution in [3.8, 4) is 0 Å². The van der Waals surface area contributed by atoms with Gasteiger partial charge in [0, 0.05) is 24.2 Å². The molecule has 1 amide bonds. The second kappa shape index (κ2) is 6.90. The Balaban J connectivity index is 1.95. The molecule has 0 saturated heterocycles. The van der Waals surface area contributed by atoms with E-state index in [1.807, 2.05) is 38.2 Å². The number of hydrogen-bond acceptors (Lipinski definition) is 3. The van der Waals surface area contributed by atoms with Gasteiger partial charge in [-0.25, -0.2) is 0 Å². The van der Waals surface area contributed by atoms with E-state index in [-0.39, 0.29) is 5.91 Å². The lowest BCUT2D eigenvalue weighted by molar-refractivity contribution is 0.0955. The molecule has 3 nitrogen and oxygen atoms in total. The summed E-state index contributed by atoms with van der Waals surface area (Å²) >= 11 is 5.14. The molecule has 2 N–H and O–H groups in total. The van der Waals surface area contributed by atoms with Crippen LogP contribution in [0.4, 0.5) is 5.69 Å². The number of thiophene rings is 1. The molecule has 0 saturated carbocycles. The Labute approximate surface area is 131 Å². The molecule has 0 unspecified atom stereocenters. The van der Waals surface area contributed by atoms with Gasteiger partial charge in [-0.1, -0.05) is 6.07 Å². The Morgan fingerprint density at radius 1 is 1.30 bits per heavy atom. The molecule has 0 aliphatic heterocycles. The van der Waals surface area contributed by atoms with Crippen molar-refractivity contribution in [1.29, 1.82) is 0 Å². The van der Waals surface area contributed by atoms with Crippen LogP contribution < -0.4 is 10.6 Å². The summed E-state index contributed by atoms with van der Waals surface area (Å²) in [4.78, 5) is 13.4. The summed E-state index contributed by atoms with van der Waals surface area (Å²) in [5.41, 5.74) is 2.68. The van der Waals surface area contributed by atoms with Crippen molar-refractivity contribution < 1.29 is 4.79 Å². The highest BCUT2D eigenvalue weighted by atomic mass is 79.9. The van der Waals surface area contributed by atoms with Crippen LogP contribution in [0.25, 0.3) is 0 Å². The molecule has 5 heteroatoms. The van der Waals surface area contributed by atoms with Crippen LogP contribution >= 0.6 is 27.3 Å². The third kappa shape index (κ3) is 3.84. The molecule has 0 aliphatic carbocycles. The molecule has 0 bridgehead atoms. The molecule has 0 spiro atoms. The van der Waals surface area contributed by atoms with Gasteiger partial charge in [-0.05, 0) is 59.1 Å². The largest absolute Gasteiger partial charge is 0.387 e. The first-order valence-electron chi connectivity index (χ1n) is 6.41. The maximum absolute atomic E-state index is 12.2. The van der Waals surface area contributed by atoms with Gasteiger partial charge >= 0.3 is 0 Å². The van der Waals surface area contributed by atoms with E-state index in [1.165, 1.54) is 4.88 Å². The van der Waals surface area contributed by atoms with Crippen LogP contribution in [0.5, 0.6) is 0 Å². The topological polar surface area (TPSA) is 41.1 Å². The molecular weight excluding hydrogens is 336 g/mol. The number of aryl methyl sites for hydroxylation is 1. The molecule has 2 aromatic rings. The van der Waals surface area contributed by atoms with Gasteiger partial charge in [0.25, 0.3) is 5.91 Å². The maximum atomic E-state index is 12.2. The molecule has 0 aliphatic rings. The SMILES string of the molecule is CNc1cc(C)ccc1C(=O)NCCc1ccc(Br)s1. The van der Waals surface area contributed by atoms with Gasteiger partial charge in [-0.3, -0.25) is 4.79 Å². The normalized spacial score (nSPS) is 10.3. The minimum atomic E-state index is -0.0371. The second-order valence-corrected chi connectivity index (χ2v) is 7.06. The standard InChI is InChI=1S/C15H17BrN2OS/c1-10-3-5-12(13(9-10)17-2)15(19)18-8-7-11-4-6-14(16)20-11/h3-6,9,17H,7-8H2,1-2H3,(H,18,19). The highest BCUT2D eigenvalue weighted by Crippen LogP contribution is 2.22. The lowest BCUT2D eigenvalue weighted by atomic mass is 10.1. The van der Waals surface area contributed by atoms with E-state index >= 15 is 0 Å². The van der Waals surface area contributed by atoms with Gasteiger partial charge in [-0.15, -0.1) is 11.3 Å². The predicted octanol–water partition coefficient (Wildman–Crippen LogP) is 3.83. The molecule has 106 valence electrons. The van der Waals surface area contributed by atoms with E-state index in [0.717, 1.165) is 21.5 Å². The van der Waals surface area contributed by atoms with E-state index < -0.39 is 0 Å². The summed E-state index contributed by atoms with van der Waals surface area (Å²) in [6.45, 7) is 2.65.